The largest absolute Gasteiger partial charge is 0.461 e. The Hall–Kier alpha value is -3.79. The van der Waals surface area contributed by atoms with Crippen LogP contribution in [0.15, 0.2) is 30.6 Å². The lowest BCUT2D eigenvalue weighted by Gasteiger charge is -2.40. The summed E-state index contributed by atoms with van der Waals surface area (Å²) < 4.78 is 120. The molecule has 0 saturated carbocycles. The van der Waals surface area contributed by atoms with Crippen LogP contribution in [-0.4, -0.2) is 86.2 Å². The number of hydrogen-bond donors (Lipinski definition) is 2. The van der Waals surface area contributed by atoms with Gasteiger partial charge in [0.05, 0.1) is 23.0 Å². The van der Waals surface area contributed by atoms with Crippen molar-refractivity contribution in [2.75, 3.05) is 37.7 Å². The molecule has 0 amide bonds. The maximum atomic E-state index is 16.5. The number of aliphatic hydroxyl groups is 1. The standard InChI is InChI=1S/C30H28F8N6O2/c31-16-10-27(6-2-9-44(27)13-16)15-46-26-41-24-18(25(42-26)43-8-3-7-28(45,14-43)30(36,37)38)12-40-23(22(24)32)17-11-39-20-5-1-4-19(21(17)20)29(33,34)35/h1,4-5,11-12,16,39,45H,2-3,6-10,13-15H2/t16-,27+,28?/m1/s1. The summed E-state index contributed by atoms with van der Waals surface area (Å²) in [5.41, 5.74) is -5.78. The van der Waals surface area contributed by atoms with Crippen molar-refractivity contribution in [2.45, 2.75) is 61.8 Å². The highest BCUT2D eigenvalue weighted by molar-refractivity contribution is 6.00. The molecule has 16 heteroatoms. The molecule has 246 valence electrons. The molecule has 6 heterocycles. The van der Waals surface area contributed by atoms with E-state index >= 15 is 4.39 Å². The lowest BCUT2D eigenvalue weighted by Crippen LogP contribution is -2.57. The van der Waals surface area contributed by atoms with Crippen LogP contribution in [0.1, 0.15) is 37.7 Å². The molecule has 4 aromatic rings. The van der Waals surface area contributed by atoms with E-state index in [9.17, 15) is 35.8 Å². The second-order valence-electron chi connectivity index (χ2n) is 12.4. The number of ether oxygens (including phenoxy) is 1. The molecule has 0 aliphatic carbocycles. The van der Waals surface area contributed by atoms with Crippen molar-refractivity contribution < 1.29 is 45.0 Å². The quantitative estimate of drug-likeness (QED) is 0.248. The van der Waals surface area contributed by atoms with E-state index < -0.39 is 71.2 Å². The van der Waals surface area contributed by atoms with Gasteiger partial charge in [-0.15, -0.1) is 0 Å². The second-order valence-corrected chi connectivity index (χ2v) is 12.4. The SMILES string of the molecule is OC1(C(F)(F)F)CCCN(c2nc(OC[C@@]34CCCN3C[C@H](F)C4)nc3c(F)c(-c4c[nH]c5cccc(C(F)(F)F)c45)ncc23)C1. The van der Waals surface area contributed by atoms with Crippen LogP contribution >= 0.6 is 0 Å². The molecule has 3 atom stereocenters. The molecule has 7 rings (SSSR count). The van der Waals surface area contributed by atoms with Crippen LogP contribution in [0, 0.1) is 5.82 Å². The van der Waals surface area contributed by atoms with Crippen molar-refractivity contribution in [3.8, 4) is 17.3 Å². The Morgan fingerprint density at radius 1 is 1.07 bits per heavy atom. The average Bonchev–Trinajstić information content (AvgIpc) is 3.67. The first-order valence-corrected chi connectivity index (χ1v) is 14.8. The van der Waals surface area contributed by atoms with Gasteiger partial charge in [-0.3, -0.25) is 9.88 Å². The van der Waals surface area contributed by atoms with Gasteiger partial charge in [0.25, 0.3) is 0 Å². The van der Waals surface area contributed by atoms with Gasteiger partial charge in [0, 0.05) is 48.4 Å². The number of aromatic nitrogens is 4. The Kier molecular flexibility index (Phi) is 7.12. The van der Waals surface area contributed by atoms with Crippen LogP contribution in [0.2, 0.25) is 0 Å². The van der Waals surface area contributed by atoms with Gasteiger partial charge in [0.1, 0.15) is 29.8 Å². The third-order valence-electron chi connectivity index (χ3n) is 9.44. The molecule has 46 heavy (non-hydrogen) atoms. The summed E-state index contributed by atoms with van der Waals surface area (Å²) in [6.45, 7) is -0.0748. The van der Waals surface area contributed by atoms with Gasteiger partial charge in [-0.05, 0) is 44.4 Å². The summed E-state index contributed by atoms with van der Waals surface area (Å²) in [6, 6.07) is 3.06. The minimum absolute atomic E-state index is 0.0198. The monoisotopic (exact) mass is 656 g/mol. The zero-order valence-electron chi connectivity index (χ0n) is 24.2. The van der Waals surface area contributed by atoms with E-state index in [1.807, 2.05) is 4.90 Å². The highest BCUT2D eigenvalue weighted by Gasteiger charge is 2.56. The van der Waals surface area contributed by atoms with Crippen LogP contribution < -0.4 is 9.64 Å². The smallest absolute Gasteiger partial charge is 0.418 e. The maximum Gasteiger partial charge on any atom is 0.418 e. The van der Waals surface area contributed by atoms with Crippen molar-refractivity contribution in [3.63, 3.8) is 0 Å². The highest BCUT2D eigenvalue weighted by atomic mass is 19.4. The molecule has 0 spiro atoms. The van der Waals surface area contributed by atoms with E-state index in [2.05, 4.69) is 19.9 Å². The van der Waals surface area contributed by atoms with E-state index in [0.29, 0.717) is 13.0 Å². The predicted octanol–water partition coefficient (Wildman–Crippen LogP) is 6.18. The van der Waals surface area contributed by atoms with Crippen molar-refractivity contribution >= 4 is 27.6 Å². The number of alkyl halides is 7. The fourth-order valence-corrected chi connectivity index (χ4v) is 7.22. The second kappa shape index (κ2) is 10.6. The number of halogens is 8. The number of H-pyrrole nitrogens is 1. The number of hydrogen-bond acceptors (Lipinski definition) is 7. The number of anilines is 1. The summed E-state index contributed by atoms with van der Waals surface area (Å²) >= 11 is 0. The molecule has 3 aromatic heterocycles. The molecule has 1 aromatic carbocycles. The summed E-state index contributed by atoms with van der Waals surface area (Å²) in [5.74, 6) is -1.33. The van der Waals surface area contributed by atoms with E-state index in [-0.39, 0.29) is 60.2 Å². The minimum atomic E-state index is -4.97. The van der Waals surface area contributed by atoms with Crippen LogP contribution in [0.3, 0.4) is 0 Å². The number of nitrogens with one attached hydrogen (secondary N) is 1. The van der Waals surface area contributed by atoms with E-state index in [0.717, 1.165) is 23.6 Å². The molecule has 8 nitrogen and oxygen atoms in total. The van der Waals surface area contributed by atoms with E-state index in [1.54, 1.807) is 0 Å². The van der Waals surface area contributed by atoms with Gasteiger partial charge in [0.15, 0.2) is 11.4 Å². The normalized spacial score (nSPS) is 25.9. The van der Waals surface area contributed by atoms with Gasteiger partial charge >= 0.3 is 18.4 Å². The Bertz CT molecular complexity index is 1810. The summed E-state index contributed by atoms with van der Waals surface area (Å²) in [5, 5.41) is 10.1. The van der Waals surface area contributed by atoms with Crippen molar-refractivity contribution in [3.05, 3.63) is 42.0 Å². The number of pyridine rings is 1. The van der Waals surface area contributed by atoms with Crippen LogP contribution in [0.4, 0.5) is 40.9 Å². The first kappa shape index (κ1) is 30.8. The molecule has 3 aliphatic rings. The first-order valence-electron chi connectivity index (χ1n) is 14.8. The average molecular weight is 657 g/mol. The third-order valence-corrected chi connectivity index (χ3v) is 9.44. The Morgan fingerprint density at radius 3 is 2.61 bits per heavy atom. The topological polar surface area (TPSA) is 90.4 Å². The van der Waals surface area contributed by atoms with Gasteiger partial charge in [-0.25, -0.2) is 8.78 Å². The lowest BCUT2D eigenvalue weighted by molar-refractivity contribution is -0.261. The minimum Gasteiger partial charge on any atom is -0.461 e. The molecular formula is C30H28F8N6O2. The van der Waals surface area contributed by atoms with Crippen molar-refractivity contribution in [1.29, 1.82) is 0 Å². The zero-order valence-corrected chi connectivity index (χ0v) is 24.2. The van der Waals surface area contributed by atoms with E-state index in [1.165, 1.54) is 18.3 Å². The lowest BCUT2D eigenvalue weighted by atomic mass is 9.92. The molecule has 3 saturated heterocycles. The van der Waals surface area contributed by atoms with Crippen molar-refractivity contribution in [1.82, 2.24) is 24.8 Å². The van der Waals surface area contributed by atoms with Gasteiger partial charge < -0.3 is 19.7 Å². The number of fused-ring (bicyclic) bond motifs is 3. The maximum absolute atomic E-state index is 16.5. The van der Waals surface area contributed by atoms with Crippen LogP contribution in [-0.2, 0) is 6.18 Å². The predicted molar refractivity (Wildman–Crippen MR) is 151 cm³/mol. The molecule has 2 N–H and O–H groups in total. The molecular weight excluding hydrogens is 628 g/mol. The van der Waals surface area contributed by atoms with E-state index in [4.69, 9.17) is 4.74 Å². The number of rotatable bonds is 5. The molecule has 3 fully saturated rings. The number of β-amino-alcohol motifs (C(OH)–C–C–N with tert-alkyl or cyclic N) is 1. The first-order chi connectivity index (χ1) is 21.7. The summed E-state index contributed by atoms with van der Waals surface area (Å²) in [6.07, 6.45) is -7.53. The fraction of sp³-hybridized carbons (Fsp3) is 0.500. The van der Waals surface area contributed by atoms with Gasteiger partial charge in [0.2, 0.25) is 0 Å². The molecule has 3 aliphatic heterocycles. The van der Waals surface area contributed by atoms with Crippen molar-refractivity contribution in [2.24, 2.45) is 0 Å². The summed E-state index contributed by atoms with van der Waals surface area (Å²) in [4.78, 5) is 18.5. The third kappa shape index (κ3) is 5.00. The fourth-order valence-electron chi connectivity index (χ4n) is 7.22. The zero-order chi connectivity index (χ0) is 32.6. The van der Waals surface area contributed by atoms with Gasteiger partial charge in [-0.1, -0.05) is 6.07 Å². The number of aromatic amines is 1. The number of nitrogens with zero attached hydrogens (tertiary/aromatic N) is 5. The van der Waals surface area contributed by atoms with Gasteiger partial charge in [-0.2, -0.15) is 36.3 Å². The van der Waals surface area contributed by atoms with Crippen LogP contribution in [0.25, 0.3) is 33.1 Å². The Balaban J connectivity index is 1.36. The highest BCUT2D eigenvalue weighted by Crippen LogP contribution is 2.44. The molecule has 0 bridgehead atoms. The van der Waals surface area contributed by atoms with Crippen LogP contribution in [0.5, 0.6) is 6.01 Å². The number of piperidine rings is 1. The molecule has 0 radical (unpaired) electrons. The Labute approximate surface area is 256 Å². The Morgan fingerprint density at radius 2 is 1.85 bits per heavy atom. The summed E-state index contributed by atoms with van der Waals surface area (Å²) in [7, 11) is 0. The number of benzene rings is 1. The molecule has 1 unspecified atom stereocenters.